The predicted molar refractivity (Wildman–Crippen MR) is 85.8 cm³/mol. The Morgan fingerprint density at radius 3 is 2.71 bits per heavy atom. The van der Waals surface area contributed by atoms with Crippen LogP contribution < -0.4 is 14.8 Å². The highest BCUT2D eigenvalue weighted by molar-refractivity contribution is 7.92. The van der Waals surface area contributed by atoms with Gasteiger partial charge in [-0.2, -0.15) is 11.3 Å². The lowest BCUT2D eigenvalue weighted by molar-refractivity contribution is 0.413. The number of sulfonamides is 1. The Morgan fingerprint density at radius 1 is 1.29 bits per heavy atom. The van der Waals surface area contributed by atoms with Crippen molar-refractivity contribution < 1.29 is 13.2 Å². The van der Waals surface area contributed by atoms with E-state index in [2.05, 4.69) is 10.0 Å². The number of nitrogens with one attached hydrogen (secondary N) is 2. The third kappa shape index (κ3) is 3.96. The average Bonchev–Trinajstić information content (AvgIpc) is 2.96. The average molecular weight is 326 g/mol. The normalized spacial score (nSPS) is 11.3. The largest absolute Gasteiger partial charge is 0.497 e. The van der Waals surface area contributed by atoms with Gasteiger partial charge in [-0.3, -0.25) is 4.72 Å². The third-order valence-electron chi connectivity index (χ3n) is 2.97. The summed E-state index contributed by atoms with van der Waals surface area (Å²) in [5.74, 6) is 0.649. The van der Waals surface area contributed by atoms with Crippen molar-refractivity contribution in [2.75, 3.05) is 25.4 Å². The SMILES string of the molecule is CNCCc1cc(OC)ccc1S(=O)(=O)Nc1ccsc1. The van der Waals surface area contributed by atoms with Crippen molar-refractivity contribution in [1.29, 1.82) is 0 Å². The summed E-state index contributed by atoms with van der Waals surface area (Å²) in [6.07, 6.45) is 0.605. The van der Waals surface area contributed by atoms with E-state index in [0.29, 0.717) is 24.4 Å². The van der Waals surface area contributed by atoms with Crippen LogP contribution in [0.1, 0.15) is 5.56 Å². The van der Waals surface area contributed by atoms with Crippen LogP contribution in [0.3, 0.4) is 0 Å². The number of thiophene rings is 1. The lowest BCUT2D eigenvalue weighted by atomic mass is 10.1. The van der Waals surface area contributed by atoms with Crippen LogP contribution in [-0.2, 0) is 16.4 Å². The molecule has 21 heavy (non-hydrogen) atoms. The molecule has 2 rings (SSSR count). The quantitative estimate of drug-likeness (QED) is 0.819. The summed E-state index contributed by atoms with van der Waals surface area (Å²) in [5, 5.41) is 6.61. The van der Waals surface area contributed by atoms with Crippen LogP contribution in [0.2, 0.25) is 0 Å². The minimum atomic E-state index is -3.60. The van der Waals surface area contributed by atoms with Gasteiger partial charge in [-0.15, -0.1) is 0 Å². The van der Waals surface area contributed by atoms with Gasteiger partial charge < -0.3 is 10.1 Å². The second kappa shape index (κ2) is 6.93. The Bertz CT molecular complexity index is 682. The van der Waals surface area contributed by atoms with Crippen LogP contribution in [0.4, 0.5) is 5.69 Å². The lowest BCUT2D eigenvalue weighted by Crippen LogP contribution is -2.17. The van der Waals surface area contributed by atoms with Gasteiger partial charge in [0.05, 0.1) is 17.7 Å². The van der Waals surface area contributed by atoms with Crippen molar-refractivity contribution in [1.82, 2.24) is 5.32 Å². The van der Waals surface area contributed by atoms with Gasteiger partial charge in [0.2, 0.25) is 0 Å². The highest BCUT2D eigenvalue weighted by Gasteiger charge is 2.19. The maximum absolute atomic E-state index is 12.5. The monoisotopic (exact) mass is 326 g/mol. The molecule has 0 unspecified atom stereocenters. The van der Waals surface area contributed by atoms with Crippen molar-refractivity contribution in [2.45, 2.75) is 11.3 Å². The second-order valence-electron chi connectivity index (χ2n) is 4.44. The first kappa shape index (κ1) is 15.8. The molecule has 1 heterocycles. The first-order valence-corrected chi connectivity index (χ1v) is 8.86. The van der Waals surface area contributed by atoms with Crippen molar-refractivity contribution >= 4 is 27.0 Å². The standard InChI is InChI=1S/C14H18N2O3S2/c1-15-7-5-11-9-13(19-2)3-4-14(11)21(17,18)16-12-6-8-20-10-12/h3-4,6,8-10,15-16H,5,7H2,1-2H3. The number of benzene rings is 1. The minimum absolute atomic E-state index is 0.282. The number of ether oxygens (including phenoxy) is 1. The van der Waals surface area contributed by atoms with Gasteiger partial charge in [0.1, 0.15) is 5.75 Å². The Hall–Kier alpha value is -1.57. The summed E-state index contributed by atoms with van der Waals surface area (Å²) >= 11 is 1.44. The molecule has 0 aliphatic heterocycles. The van der Waals surface area contributed by atoms with E-state index in [4.69, 9.17) is 4.74 Å². The van der Waals surface area contributed by atoms with Gasteiger partial charge in [0.15, 0.2) is 0 Å². The van der Waals surface area contributed by atoms with Crippen molar-refractivity contribution in [3.63, 3.8) is 0 Å². The lowest BCUT2D eigenvalue weighted by Gasteiger charge is -2.13. The van der Waals surface area contributed by atoms with E-state index in [-0.39, 0.29) is 4.90 Å². The molecule has 0 saturated carbocycles. The maximum Gasteiger partial charge on any atom is 0.262 e. The Balaban J connectivity index is 2.36. The molecule has 2 N–H and O–H groups in total. The molecule has 0 radical (unpaired) electrons. The predicted octanol–water partition coefficient (Wildman–Crippen LogP) is 2.32. The fourth-order valence-corrected chi connectivity index (χ4v) is 3.90. The van der Waals surface area contributed by atoms with Crippen LogP contribution >= 0.6 is 11.3 Å². The molecule has 0 spiro atoms. The summed E-state index contributed by atoms with van der Waals surface area (Å²) in [6.45, 7) is 0.689. The molecule has 0 aliphatic rings. The smallest absolute Gasteiger partial charge is 0.262 e. The molecule has 0 fully saturated rings. The molecule has 114 valence electrons. The van der Waals surface area contributed by atoms with Gasteiger partial charge in [-0.1, -0.05) is 0 Å². The number of likely N-dealkylation sites (N-methyl/N-ethyl adjacent to an activating group) is 1. The molecular formula is C14H18N2O3S2. The zero-order valence-corrected chi connectivity index (χ0v) is 13.6. The van der Waals surface area contributed by atoms with Crippen molar-refractivity contribution in [3.8, 4) is 5.75 Å². The molecule has 0 saturated heterocycles. The molecule has 5 nitrogen and oxygen atoms in total. The Labute approximate surface area is 129 Å². The van der Waals surface area contributed by atoms with Crippen LogP contribution in [0.15, 0.2) is 39.9 Å². The summed E-state index contributed by atoms with van der Waals surface area (Å²) in [6, 6.07) is 6.74. The van der Waals surface area contributed by atoms with Crippen molar-refractivity contribution in [2.24, 2.45) is 0 Å². The van der Waals surface area contributed by atoms with E-state index in [1.54, 1.807) is 36.8 Å². The van der Waals surface area contributed by atoms with Gasteiger partial charge in [0.25, 0.3) is 10.0 Å². The number of anilines is 1. The number of hydrogen-bond acceptors (Lipinski definition) is 5. The van der Waals surface area contributed by atoms with Crippen LogP contribution in [0.25, 0.3) is 0 Å². The number of hydrogen-bond donors (Lipinski definition) is 2. The molecule has 0 amide bonds. The van der Waals surface area contributed by atoms with E-state index in [1.807, 2.05) is 12.4 Å². The minimum Gasteiger partial charge on any atom is -0.497 e. The molecule has 0 bridgehead atoms. The Kier molecular flexibility index (Phi) is 5.22. The topological polar surface area (TPSA) is 67.4 Å². The van der Waals surface area contributed by atoms with Gasteiger partial charge in [0, 0.05) is 5.38 Å². The summed E-state index contributed by atoms with van der Waals surface area (Å²) in [5.41, 5.74) is 1.31. The van der Waals surface area contributed by atoms with Gasteiger partial charge in [-0.25, -0.2) is 8.42 Å². The molecule has 7 heteroatoms. The second-order valence-corrected chi connectivity index (χ2v) is 6.88. The highest BCUT2D eigenvalue weighted by Crippen LogP contribution is 2.25. The highest BCUT2D eigenvalue weighted by atomic mass is 32.2. The molecule has 1 aromatic carbocycles. The zero-order chi connectivity index (χ0) is 15.3. The molecule has 0 atom stereocenters. The Morgan fingerprint density at radius 2 is 2.10 bits per heavy atom. The first-order valence-electron chi connectivity index (χ1n) is 6.43. The third-order valence-corrected chi connectivity index (χ3v) is 5.14. The van der Waals surface area contributed by atoms with E-state index in [0.717, 1.165) is 5.56 Å². The van der Waals surface area contributed by atoms with E-state index in [1.165, 1.54) is 11.3 Å². The molecule has 1 aromatic heterocycles. The summed E-state index contributed by atoms with van der Waals surface area (Å²) in [7, 11) is -0.200. The van der Waals surface area contributed by atoms with E-state index >= 15 is 0 Å². The molecule has 2 aromatic rings. The van der Waals surface area contributed by atoms with Crippen molar-refractivity contribution in [3.05, 3.63) is 40.6 Å². The fourth-order valence-electron chi connectivity index (χ4n) is 1.93. The first-order chi connectivity index (χ1) is 10.1. The van der Waals surface area contributed by atoms with Crippen LogP contribution in [-0.4, -0.2) is 29.1 Å². The number of rotatable bonds is 7. The summed E-state index contributed by atoms with van der Waals surface area (Å²) in [4.78, 5) is 0.282. The van der Waals surface area contributed by atoms with E-state index < -0.39 is 10.0 Å². The van der Waals surface area contributed by atoms with Crippen LogP contribution in [0.5, 0.6) is 5.75 Å². The number of methoxy groups -OCH3 is 1. The molecule has 0 aliphatic carbocycles. The van der Waals surface area contributed by atoms with Gasteiger partial charge >= 0.3 is 0 Å². The molecular weight excluding hydrogens is 308 g/mol. The fraction of sp³-hybridized carbons (Fsp3) is 0.286. The van der Waals surface area contributed by atoms with E-state index in [9.17, 15) is 8.42 Å². The zero-order valence-electron chi connectivity index (χ0n) is 11.9. The maximum atomic E-state index is 12.5. The van der Waals surface area contributed by atoms with Crippen LogP contribution in [0, 0.1) is 0 Å². The van der Waals surface area contributed by atoms with Gasteiger partial charge in [-0.05, 0) is 55.2 Å². The summed E-state index contributed by atoms with van der Waals surface area (Å²) < 4.78 is 32.8.